The first-order chi connectivity index (χ1) is 9.06. The Morgan fingerprint density at radius 3 is 2.84 bits per heavy atom. The molecule has 0 saturated heterocycles. The molecule has 1 atom stereocenters. The Morgan fingerprint density at radius 2 is 2.26 bits per heavy atom. The van der Waals surface area contributed by atoms with E-state index < -0.39 is 12.0 Å². The molecule has 1 aromatic rings. The SMILES string of the molecule is C=Cc1cccc(SC[C@H](NC(C)=O)C(=O)OC)c1. The van der Waals surface area contributed by atoms with Crippen molar-refractivity contribution in [3.05, 3.63) is 36.4 Å². The second-order valence-corrected chi connectivity index (χ2v) is 4.96. The van der Waals surface area contributed by atoms with Gasteiger partial charge in [-0.05, 0) is 17.7 Å². The molecule has 0 unspecified atom stereocenters. The summed E-state index contributed by atoms with van der Waals surface area (Å²) in [7, 11) is 1.31. The zero-order valence-corrected chi connectivity index (χ0v) is 11.8. The topological polar surface area (TPSA) is 55.4 Å². The second-order valence-electron chi connectivity index (χ2n) is 3.86. The highest BCUT2D eigenvalue weighted by Gasteiger charge is 2.20. The van der Waals surface area contributed by atoms with Crippen LogP contribution in [0.25, 0.3) is 6.08 Å². The first-order valence-corrected chi connectivity index (χ1v) is 6.75. The maximum atomic E-state index is 11.5. The number of benzene rings is 1. The molecule has 4 nitrogen and oxygen atoms in total. The molecule has 0 fully saturated rings. The molecule has 0 heterocycles. The van der Waals surface area contributed by atoms with Gasteiger partial charge < -0.3 is 10.1 Å². The molecule has 0 aliphatic rings. The molecular formula is C14H17NO3S. The maximum absolute atomic E-state index is 11.5. The molecule has 1 aromatic carbocycles. The van der Waals surface area contributed by atoms with E-state index in [1.165, 1.54) is 25.8 Å². The predicted molar refractivity (Wildman–Crippen MR) is 76.9 cm³/mol. The fourth-order valence-corrected chi connectivity index (χ4v) is 2.44. The summed E-state index contributed by atoms with van der Waals surface area (Å²) in [4.78, 5) is 23.6. The van der Waals surface area contributed by atoms with Gasteiger partial charge in [-0.2, -0.15) is 0 Å². The van der Waals surface area contributed by atoms with Gasteiger partial charge in [0.15, 0.2) is 0 Å². The summed E-state index contributed by atoms with van der Waals surface area (Å²) in [5.41, 5.74) is 1.01. The first-order valence-electron chi connectivity index (χ1n) is 5.77. The third-order valence-electron chi connectivity index (χ3n) is 2.37. The number of rotatable bonds is 6. The lowest BCUT2D eigenvalue weighted by atomic mass is 10.2. The quantitative estimate of drug-likeness (QED) is 0.640. The van der Waals surface area contributed by atoms with Crippen molar-refractivity contribution in [1.29, 1.82) is 0 Å². The monoisotopic (exact) mass is 279 g/mol. The molecule has 0 aromatic heterocycles. The van der Waals surface area contributed by atoms with Gasteiger partial charge in [0.2, 0.25) is 5.91 Å². The molecule has 0 spiro atoms. The number of hydrogen-bond acceptors (Lipinski definition) is 4. The maximum Gasteiger partial charge on any atom is 0.329 e. The van der Waals surface area contributed by atoms with Crippen LogP contribution in [0.1, 0.15) is 12.5 Å². The van der Waals surface area contributed by atoms with Crippen molar-refractivity contribution < 1.29 is 14.3 Å². The number of esters is 1. The van der Waals surface area contributed by atoms with Gasteiger partial charge in [0.25, 0.3) is 0 Å². The Morgan fingerprint density at radius 1 is 1.53 bits per heavy atom. The van der Waals surface area contributed by atoms with Crippen LogP contribution in [-0.4, -0.2) is 30.8 Å². The third-order valence-corrected chi connectivity index (χ3v) is 3.46. The number of ether oxygens (including phenoxy) is 1. The van der Waals surface area contributed by atoms with Crippen LogP contribution in [0.2, 0.25) is 0 Å². The van der Waals surface area contributed by atoms with Crippen molar-refractivity contribution in [2.24, 2.45) is 0 Å². The summed E-state index contributed by atoms with van der Waals surface area (Å²) in [5, 5.41) is 2.57. The minimum Gasteiger partial charge on any atom is -0.467 e. The summed E-state index contributed by atoms with van der Waals surface area (Å²) >= 11 is 1.48. The zero-order valence-electron chi connectivity index (χ0n) is 11.0. The lowest BCUT2D eigenvalue weighted by Gasteiger charge is -2.15. The summed E-state index contributed by atoms with van der Waals surface area (Å²) < 4.78 is 4.66. The number of nitrogens with one attached hydrogen (secondary N) is 1. The van der Waals surface area contributed by atoms with Crippen LogP contribution in [0.3, 0.4) is 0 Å². The Hall–Kier alpha value is -1.75. The molecular weight excluding hydrogens is 262 g/mol. The van der Waals surface area contributed by atoms with Gasteiger partial charge in [-0.15, -0.1) is 11.8 Å². The van der Waals surface area contributed by atoms with Crippen molar-refractivity contribution in [3.8, 4) is 0 Å². The fraction of sp³-hybridized carbons (Fsp3) is 0.286. The summed E-state index contributed by atoms with van der Waals surface area (Å²) in [5.74, 6) is -0.272. The van der Waals surface area contributed by atoms with E-state index in [2.05, 4.69) is 16.6 Å². The van der Waals surface area contributed by atoms with Crippen molar-refractivity contribution in [3.63, 3.8) is 0 Å². The second kappa shape index (κ2) is 7.63. The molecule has 0 saturated carbocycles. The van der Waals surface area contributed by atoms with E-state index in [1.54, 1.807) is 6.08 Å². The van der Waals surface area contributed by atoms with Gasteiger partial charge >= 0.3 is 5.97 Å². The molecule has 1 amide bonds. The third kappa shape index (κ3) is 5.18. The predicted octanol–water partition coefficient (Wildman–Crippen LogP) is 2.10. The average Bonchev–Trinajstić information content (AvgIpc) is 2.42. The molecule has 102 valence electrons. The summed E-state index contributed by atoms with van der Waals surface area (Å²) in [6.45, 7) is 5.08. The van der Waals surface area contributed by atoms with Gasteiger partial charge in [0.05, 0.1) is 7.11 Å². The summed E-state index contributed by atoms with van der Waals surface area (Å²) in [6.07, 6.45) is 1.76. The first kappa shape index (κ1) is 15.3. The van der Waals surface area contributed by atoms with Gasteiger partial charge in [-0.1, -0.05) is 24.8 Å². The van der Waals surface area contributed by atoms with Crippen molar-refractivity contribution in [2.75, 3.05) is 12.9 Å². The van der Waals surface area contributed by atoms with Gasteiger partial charge in [0.1, 0.15) is 6.04 Å². The fourth-order valence-electron chi connectivity index (χ4n) is 1.47. The Labute approximate surface area is 117 Å². The number of carbonyl (C=O) groups excluding carboxylic acids is 2. The Bertz CT molecular complexity index is 474. The van der Waals surface area contributed by atoms with E-state index in [0.29, 0.717) is 5.75 Å². The highest BCUT2D eigenvalue weighted by atomic mass is 32.2. The Balaban J connectivity index is 2.66. The van der Waals surface area contributed by atoms with Crippen molar-refractivity contribution in [1.82, 2.24) is 5.32 Å². The molecule has 0 bridgehead atoms. The van der Waals surface area contributed by atoms with Crippen LogP contribution in [0.15, 0.2) is 35.7 Å². The normalized spacial score (nSPS) is 11.5. The van der Waals surface area contributed by atoms with E-state index in [-0.39, 0.29) is 5.91 Å². The molecule has 1 N–H and O–H groups in total. The average molecular weight is 279 g/mol. The van der Waals surface area contributed by atoms with Crippen molar-refractivity contribution in [2.45, 2.75) is 17.9 Å². The lowest BCUT2D eigenvalue weighted by molar-refractivity contribution is -0.144. The van der Waals surface area contributed by atoms with E-state index in [0.717, 1.165) is 10.5 Å². The highest BCUT2D eigenvalue weighted by Crippen LogP contribution is 2.20. The molecule has 0 aliphatic heterocycles. The minimum absolute atomic E-state index is 0.254. The van der Waals surface area contributed by atoms with Gasteiger partial charge in [-0.3, -0.25) is 4.79 Å². The molecule has 1 rings (SSSR count). The standard InChI is InChI=1S/C14H17NO3S/c1-4-11-6-5-7-12(8-11)19-9-13(14(17)18-3)15-10(2)16/h4-8,13H,1,9H2,2-3H3,(H,15,16)/t13-/m0/s1. The number of amides is 1. The van der Waals surface area contributed by atoms with Gasteiger partial charge in [-0.25, -0.2) is 4.79 Å². The molecule has 0 aliphatic carbocycles. The minimum atomic E-state index is -0.639. The van der Waals surface area contributed by atoms with E-state index in [1.807, 2.05) is 24.3 Å². The van der Waals surface area contributed by atoms with Crippen LogP contribution < -0.4 is 5.32 Å². The number of methoxy groups -OCH3 is 1. The Kier molecular flexibility index (Phi) is 6.15. The molecule has 5 heteroatoms. The van der Waals surface area contributed by atoms with Gasteiger partial charge in [0, 0.05) is 17.6 Å². The lowest BCUT2D eigenvalue weighted by Crippen LogP contribution is -2.42. The van der Waals surface area contributed by atoms with Crippen LogP contribution in [-0.2, 0) is 14.3 Å². The van der Waals surface area contributed by atoms with Crippen molar-refractivity contribution >= 4 is 29.7 Å². The van der Waals surface area contributed by atoms with Crippen LogP contribution in [0, 0.1) is 0 Å². The number of hydrogen-bond donors (Lipinski definition) is 1. The number of carbonyl (C=O) groups is 2. The number of thioether (sulfide) groups is 1. The van der Waals surface area contributed by atoms with Crippen LogP contribution >= 0.6 is 11.8 Å². The smallest absolute Gasteiger partial charge is 0.329 e. The molecule has 19 heavy (non-hydrogen) atoms. The van der Waals surface area contributed by atoms with E-state index >= 15 is 0 Å². The summed E-state index contributed by atoms with van der Waals surface area (Å²) in [6, 6.07) is 7.15. The van der Waals surface area contributed by atoms with Crippen LogP contribution in [0.4, 0.5) is 0 Å². The van der Waals surface area contributed by atoms with Crippen LogP contribution in [0.5, 0.6) is 0 Å². The zero-order chi connectivity index (χ0) is 14.3. The largest absolute Gasteiger partial charge is 0.467 e. The highest BCUT2D eigenvalue weighted by molar-refractivity contribution is 7.99. The van der Waals surface area contributed by atoms with E-state index in [9.17, 15) is 9.59 Å². The molecule has 0 radical (unpaired) electrons. The van der Waals surface area contributed by atoms with E-state index in [4.69, 9.17) is 0 Å².